The van der Waals surface area contributed by atoms with Gasteiger partial charge < -0.3 is 4.74 Å². The molecule has 0 rings (SSSR count). The molecular weight excluding hydrogens is 128 g/mol. The molecule has 10 heavy (non-hydrogen) atoms. The molecule has 0 aliphatic rings. The highest BCUT2D eigenvalue weighted by molar-refractivity contribution is 5.87. The summed E-state index contributed by atoms with van der Waals surface area (Å²) >= 11 is 0. The van der Waals surface area contributed by atoms with E-state index >= 15 is 0 Å². The van der Waals surface area contributed by atoms with Gasteiger partial charge in [0.2, 0.25) is 0 Å². The first-order valence-corrected chi connectivity index (χ1v) is 3.33. The summed E-state index contributed by atoms with van der Waals surface area (Å²) in [4.78, 5) is 10.5. The van der Waals surface area contributed by atoms with Crippen LogP contribution in [0.25, 0.3) is 0 Å². The number of ketones is 1. The van der Waals surface area contributed by atoms with E-state index in [-0.39, 0.29) is 5.78 Å². The lowest BCUT2D eigenvalue weighted by Crippen LogP contribution is -1.91. The van der Waals surface area contributed by atoms with E-state index in [4.69, 9.17) is 4.74 Å². The number of carbonyl (C=O) groups is 1. The van der Waals surface area contributed by atoms with Crippen LogP contribution >= 0.6 is 0 Å². The molecule has 0 heterocycles. The van der Waals surface area contributed by atoms with Crippen molar-refractivity contribution in [3.8, 4) is 0 Å². The molecule has 0 bridgehead atoms. The summed E-state index contributed by atoms with van der Waals surface area (Å²) in [5.74, 6) is 0.105. The quantitative estimate of drug-likeness (QED) is 0.557. The first-order valence-electron chi connectivity index (χ1n) is 3.33. The van der Waals surface area contributed by atoms with E-state index in [2.05, 4.69) is 0 Å². The van der Waals surface area contributed by atoms with Crippen molar-refractivity contribution in [3.63, 3.8) is 0 Å². The standard InChI is InChI=1S/C8H14O2/c1-7(4-5-10-3)6-8(2)9/h6H,4-5H2,1-3H3/b7-6+. The molecule has 0 saturated heterocycles. The molecule has 0 atom stereocenters. The molecule has 2 nitrogen and oxygen atoms in total. The summed E-state index contributed by atoms with van der Waals surface area (Å²) in [7, 11) is 1.65. The molecule has 0 N–H and O–H groups in total. The van der Waals surface area contributed by atoms with Gasteiger partial charge in [-0.05, 0) is 26.3 Å². The largest absolute Gasteiger partial charge is 0.384 e. The molecule has 0 unspecified atom stereocenters. The third-order valence-corrected chi connectivity index (χ3v) is 1.15. The molecule has 0 saturated carbocycles. The van der Waals surface area contributed by atoms with Crippen LogP contribution in [-0.2, 0) is 9.53 Å². The fourth-order valence-corrected chi connectivity index (χ4v) is 0.682. The molecule has 0 spiro atoms. The van der Waals surface area contributed by atoms with Crippen molar-refractivity contribution in [3.05, 3.63) is 11.6 Å². The Morgan fingerprint density at radius 2 is 2.10 bits per heavy atom. The van der Waals surface area contributed by atoms with E-state index in [0.717, 1.165) is 12.0 Å². The summed E-state index contributed by atoms with van der Waals surface area (Å²) < 4.78 is 4.84. The average molecular weight is 142 g/mol. The van der Waals surface area contributed by atoms with Crippen molar-refractivity contribution >= 4 is 5.78 Å². The molecule has 0 aromatic heterocycles. The van der Waals surface area contributed by atoms with E-state index in [1.807, 2.05) is 6.92 Å². The van der Waals surface area contributed by atoms with E-state index in [9.17, 15) is 4.79 Å². The Kier molecular flexibility index (Phi) is 4.85. The fraction of sp³-hybridized carbons (Fsp3) is 0.625. The van der Waals surface area contributed by atoms with Crippen LogP contribution in [0.1, 0.15) is 20.3 Å². The van der Waals surface area contributed by atoms with Crippen LogP contribution in [0, 0.1) is 0 Å². The van der Waals surface area contributed by atoms with Gasteiger partial charge >= 0.3 is 0 Å². The number of hydrogen-bond acceptors (Lipinski definition) is 2. The van der Waals surface area contributed by atoms with Gasteiger partial charge in [-0.1, -0.05) is 5.57 Å². The van der Waals surface area contributed by atoms with Crippen molar-refractivity contribution in [2.75, 3.05) is 13.7 Å². The summed E-state index contributed by atoms with van der Waals surface area (Å²) in [5.41, 5.74) is 1.08. The molecule has 0 aromatic rings. The fourth-order valence-electron chi connectivity index (χ4n) is 0.682. The summed E-state index contributed by atoms with van der Waals surface area (Å²) in [6, 6.07) is 0. The first-order chi connectivity index (χ1) is 4.66. The summed E-state index contributed by atoms with van der Waals surface area (Å²) in [6.07, 6.45) is 2.48. The van der Waals surface area contributed by atoms with Gasteiger partial charge in [-0.25, -0.2) is 0 Å². The number of hydrogen-bond donors (Lipinski definition) is 0. The molecule has 0 aliphatic heterocycles. The highest BCUT2D eigenvalue weighted by atomic mass is 16.5. The Morgan fingerprint density at radius 1 is 1.50 bits per heavy atom. The Balaban J connectivity index is 3.60. The van der Waals surface area contributed by atoms with Crippen molar-refractivity contribution in [2.45, 2.75) is 20.3 Å². The number of allylic oxidation sites excluding steroid dienone is 1. The van der Waals surface area contributed by atoms with E-state index in [1.54, 1.807) is 20.1 Å². The van der Waals surface area contributed by atoms with Crippen molar-refractivity contribution in [2.24, 2.45) is 0 Å². The van der Waals surface area contributed by atoms with Crippen LogP contribution in [0.15, 0.2) is 11.6 Å². The lowest BCUT2D eigenvalue weighted by molar-refractivity contribution is -0.112. The molecule has 2 heteroatoms. The highest BCUT2D eigenvalue weighted by Crippen LogP contribution is 1.98. The Labute approximate surface area is 61.9 Å². The molecular formula is C8H14O2. The van der Waals surface area contributed by atoms with Crippen LogP contribution in [0.5, 0.6) is 0 Å². The second kappa shape index (κ2) is 5.18. The maximum atomic E-state index is 10.5. The zero-order chi connectivity index (χ0) is 7.98. The minimum atomic E-state index is 0.105. The smallest absolute Gasteiger partial charge is 0.152 e. The van der Waals surface area contributed by atoms with Crippen molar-refractivity contribution in [1.82, 2.24) is 0 Å². The molecule has 0 aromatic carbocycles. The Hall–Kier alpha value is -0.630. The SMILES string of the molecule is COCC/C(C)=C/C(C)=O. The maximum absolute atomic E-state index is 10.5. The van der Waals surface area contributed by atoms with Gasteiger partial charge in [0, 0.05) is 13.7 Å². The Morgan fingerprint density at radius 3 is 2.50 bits per heavy atom. The van der Waals surface area contributed by atoms with Crippen LogP contribution in [0.3, 0.4) is 0 Å². The van der Waals surface area contributed by atoms with E-state index in [1.165, 1.54) is 0 Å². The molecule has 58 valence electrons. The van der Waals surface area contributed by atoms with Crippen LogP contribution in [-0.4, -0.2) is 19.5 Å². The van der Waals surface area contributed by atoms with E-state index in [0.29, 0.717) is 6.61 Å². The molecule has 0 aliphatic carbocycles. The lowest BCUT2D eigenvalue weighted by atomic mass is 10.2. The first kappa shape index (κ1) is 9.37. The second-order valence-corrected chi connectivity index (χ2v) is 2.34. The van der Waals surface area contributed by atoms with Gasteiger partial charge in [0.15, 0.2) is 5.78 Å². The van der Waals surface area contributed by atoms with E-state index < -0.39 is 0 Å². The number of ether oxygens (including phenoxy) is 1. The van der Waals surface area contributed by atoms with Crippen LogP contribution < -0.4 is 0 Å². The highest BCUT2D eigenvalue weighted by Gasteiger charge is 1.90. The number of carbonyl (C=O) groups excluding carboxylic acids is 1. The summed E-state index contributed by atoms with van der Waals surface area (Å²) in [5, 5.41) is 0. The summed E-state index contributed by atoms with van der Waals surface area (Å²) in [6.45, 7) is 4.17. The monoisotopic (exact) mass is 142 g/mol. The minimum Gasteiger partial charge on any atom is -0.384 e. The maximum Gasteiger partial charge on any atom is 0.152 e. The number of methoxy groups -OCH3 is 1. The second-order valence-electron chi connectivity index (χ2n) is 2.34. The third-order valence-electron chi connectivity index (χ3n) is 1.15. The predicted octanol–water partition coefficient (Wildman–Crippen LogP) is 1.56. The molecule has 0 radical (unpaired) electrons. The zero-order valence-electron chi connectivity index (χ0n) is 6.81. The van der Waals surface area contributed by atoms with Gasteiger partial charge in [0.1, 0.15) is 0 Å². The topological polar surface area (TPSA) is 26.3 Å². The predicted molar refractivity (Wildman–Crippen MR) is 40.9 cm³/mol. The normalized spacial score (nSPS) is 11.7. The molecule has 0 fully saturated rings. The van der Waals surface area contributed by atoms with Gasteiger partial charge in [-0.15, -0.1) is 0 Å². The lowest BCUT2D eigenvalue weighted by Gasteiger charge is -1.97. The van der Waals surface area contributed by atoms with Crippen LogP contribution in [0.4, 0.5) is 0 Å². The minimum absolute atomic E-state index is 0.105. The number of rotatable bonds is 4. The van der Waals surface area contributed by atoms with Crippen molar-refractivity contribution in [1.29, 1.82) is 0 Å². The molecule has 0 amide bonds. The Bertz CT molecular complexity index is 136. The van der Waals surface area contributed by atoms with Gasteiger partial charge in [-0.3, -0.25) is 4.79 Å². The van der Waals surface area contributed by atoms with Crippen LogP contribution in [0.2, 0.25) is 0 Å². The zero-order valence-corrected chi connectivity index (χ0v) is 6.81. The van der Waals surface area contributed by atoms with Gasteiger partial charge in [0.05, 0.1) is 0 Å². The van der Waals surface area contributed by atoms with Gasteiger partial charge in [0.25, 0.3) is 0 Å². The van der Waals surface area contributed by atoms with Gasteiger partial charge in [-0.2, -0.15) is 0 Å². The van der Waals surface area contributed by atoms with Crippen molar-refractivity contribution < 1.29 is 9.53 Å². The average Bonchev–Trinajstić information content (AvgIpc) is 1.82. The third kappa shape index (κ3) is 5.51.